The van der Waals surface area contributed by atoms with Crippen LogP contribution in [0.2, 0.25) is 0 Å². The minimum Gasteiger partial charge on any atom is -0.456 e. The van der Waals surface area contributed by atoms with Crippen LogP contribution in [0.5, 0.6) is 0 Å². The molecule has 4 heteroatoms. The minimum absolute atomic E-state index is 0.0814. The zero-order valence-corrected chi connectivity index (χ0v) is 37.2. The van der Waals surface area contributed by atoms with Crippen LogP contribution in [0.1, 0.15) is 73.9 Å². The average molecular weight is 836 g/mol. The predicted molar refractivity (Wildman–Crippen MR) is 273 cm³/mol. The first kappa shape index (κ1) is 38.2. The fourth-order valence-corrected chi connectivity index (χ4v) is 11.9. The zero-order valence-electron chi connectivity index (χ0n) is 37.2. The molecule has 0 saturated heterocycles. The second-order valence-electron chi connectivity index (χ2n) is 19.8. The molecular formula is C61H48BN2O. The summed E-state index contributed by atoms with van der Waals surface area (Å²) in [5.74, 6) is 0. The van der Waals surface area contributed by atoms with E-state index in [9.17, 15) is 0 Å². The maximum absolute atomic E-state index is 6.70. The molecule has 1 aromatic heterocycles. The lowest BCUT2D eigenvalue weighted by Crippen LogP contribution is -2.47. The van der Waals surface area contributed by atoms with E-state index in [4.69, 9.17) is 4.42 Å². The summed E-state index contributed by atoms with van der Waals surface area (Å²) >= 11 is 0. The molecule has 3 heterocycles. The smallest absolute Gasteiger partial charge is 0.197 e. The molecule has 2 aliphatic heterocycles. The van der Waals surface area contributed by atoms with E-state index in [1.54, 1.807) is 0 Å². The van der Waals surface area contributed by atoms with Gasteiger partial charge >= 0.3 is 0 Å². The van der Waals surface area contributed by atoms with E-state index in [1.165, 1.54) is 78.6 Å². The van der Waals surface area contributed by atoms with Crippen LogP contribution in [0, 0.1) is 0 Å². The zero-order chi connectivity index (χ0) is 43.7. The van der Waals surface area contributed by atoms with E-state index in [1.807, 2.05) is 0 Å². The van der Waals surface area contributed by atoms with Crippen molar-refractivity contribution in [1.29, 1.82) is 0 Å². The van der Waals surface area contributed by atoms with Crippen molar-refractivity contribution >= 4 is 79.4 Å². The Hall–Kier alpha value is -7.30. The van der Waals surface area contributed by atoms with E-state index in [-0.39, 0.29) is 10.8 Å². The largest absolute Gasteiger partial charge is 0.456 e. The van der Waals surface area contributed by atoms with Crippen LogP contribution in [0.25, 0.3) is 43.8 Å². The van der Waals surface area contributed by atoms with E-state index in [2.05, 4.69) is 233 Å². The molecule has 0 saturated carbocycles. The molecular weight excluding hydrogens is 787 g/mol. The number of nitrogens with one attached hydrogen (secondary N) is 1. The van der Waals surface area contributed by atoms with Gasteiger partial charge in [0.1, 0.15) is 11.2 Å². The first-order chi connectivity index (χ1) is 31.7. The number of anilines is 5. The highest BCUT2D eigenvalue weighted by Gasteiger charge is 2.49. The van der Waals surface area contributed by atoms with E-state index in [0.717, 1.165) is 50.9 Å². The van der Waals surface area contributed by atoms with Crippen molar-refractivity contribution in [1.82, 2.24) is 0 Å². The summed E-state index contributed by atoms with van der Waals surface area (Å²) < 4.78 is 6.70. The fourth-order valence-electron chi connectivity index (χ4n) is 11.9. The summed E-state index contributed by atoms with van der Waals surface area (Å²) in [5, 5.41) is 8.66. The van der Waals surface area contributed by atoms with Crippen LogP contribution in [-0.4, -0.2) is 7.28 Å². The van der Waals surface area contributed by atoms with Gasteiger partial charge in [0.15, 0.2) is 7.28 Å². The lowest BCUT2D eigenvalue weighted by molar-refractivity contribution is 0.332. The molecule has 0 fully saturated rings. The lowest BCUT2D eigenvalue weighted by Gasteiger charge is -2.49. The van der Waals surface area contributed by atoms with Gasteiger partial charge in [-0.2, -0.15) is 0 Å². The monoisotopic (exact) mass is 835 g/mol. The highest BCUT2D eigenvalue weighted by molar-refractivity contribution is 6.74. The van der Waals surface area contributed by atoms with Gasteiger partial charge in [-0.3, -0.25) is 0 Å². The highest BCUT2D eigenvalue weighted by atomic mass is 16.3. The maximum atomic E-state index is 6.70. The summed E-state index contributed by atoms with van der Waals surface area (Å²) in [4.78, 5) is 2.59. The Balaban J connectivity index is 1.09. The number of hydrogen-bond acceptors (Lipinski definition) is 3. The average Bonchev–Trinajstić information content (AvgIpc) is 3.70. The van der Waals surface area contributed by atoms with Crippen molar-refractivity contribution in [2.45, 2.75) is 56.8 Å². The third-order valence-electron chi connectivity index (χ3n) is 15.2. The molecule has 311 valence electrons. The number of nitrogens with zero attached hydrogens (tertiary/aromatic N) is 1. The van der Waals surface area contributed by atoms with Gasteiger partial charge in [0.05, 0.1) is 11.1 Å². The molecule has 1 aliphatic carbocycles. The van der Waals surface area contributed by atoms with Gasteiger partial charge in [-0.05, 0) is 116 Å². The van der Waals surface area contributed by atoms with Gasteiger partial charge in [0.25, 0.3) is 0 Å². The topological polar surface area (TPSA) is 28.4 Å². The molecule has 3 nitrogen and oxygen atoms in total. The second kappa shape index (κ2) is 13.9. The Morgan fingerprint density at radius 1 is 0.492 bits per heavy atom. The SMILES string of the molecule is CC1(C)CCC(C)(C)c2cc(Nc3cc4c(cc3-c3cc5ccccc5c5c3[B]c3cccc6c3N5c3ccccc3C6(c3ccccc3)c3ccccc3)oc3ccccc34)ccc21. The third-order valence-corrected chi connectivity index (χ3v) is 15.2. The molecule has 1 radical (unpaired) electrons. The fraction of sp³-hybridized carbons (Fsp3) is 0.148. The Bertz CT molecular complexity index is 3530. The van der Waals surface area contributed by atoms with E-state index < -0.39 is 5.41 Å². The van der Waals surface area contributed by atoms with Crippen LogP contribution in [0.3, 0.4) is 0 Å². The molecule has 0 atom stereocenters. The Labute approximate surface area is 381 Å². The van der Waals surface area contributed by atoms with Crippen molar-refractivity contribution in [3.8, 4) is 11.1 Å². The molecule has 9 aromatic carbocycles. The molecule has 0 bridgehead atoms. The first-order valence-corrected chi connectivity index (χ1v) is 23.1. The van der Waals surface area contributed by atoms with Crippen LogP contribution < -0.4 is 21.1 Å². The highest BCUT2D eigenvalue weighted by Crippen LogP contribution is 2.59. The van der Waals surface area contributed by atoms with E-state index in [0.29, 0.717) is 0 Å². The number of rotatable bonds is 5. The Morgan fingerprint density at radius 2 is 1.15 bits per heavy atom. The summed E-state index contributed by atoms with van der Waals surface area (Å²) in [6.07, 6.45) is 2.34. The van der Waals surface area contributed by atoms with Gasteiger partial charge in [0.2, 0.25) is 0 Å². The van der Waals surface area contributed by atoms with Gasteiger partial charge < -0.3 is 14.6 Å². The van der Waals surface area contributed by atoms with Crippen molar-refractivity contribution in [3.63, 3.8) is 0 Å². The standard InChI is InChI=1S/C61H48BN2O/c1-59(2)32-33-60(3,4)50-35-41(30-31-47(50)59)63-52-36-45-43-24-13-16-29-54(43)65-55(45)37-44(52)46-34-38-18-11-12-23-42(38)57-56(46)62-51-27-17-26-49-58(51)64(57)53-28-15-14-25-48(53)61(49,39-19-7-5-8-20-39)40-21-9-6-10-22-40/h5-31,34-37,63H,32-33H2,1-4H3. The second-order valence-corrected chi connectivity index (χ2v) is 19.8. The van der Waals surface area contributed by atoms with Crippen LogP contribution in [0.15, 0.2) is 192 Å². The number of para-hydroxylation sites is 3. The molecule has 0 spiro atoms. The van der Waals surface area contributed by atoms with Gasteiger partial charge in [0, 0.05) is 44.5 Å². The summed E-state index contributed by atoms with van der Waals surface area (Å²) in [6.45, 7) is 9.61. The van der Waals surface area contributed by atoms with Crippen molar-refractivity contribution in [2.24, 2.45) is 0 Å². The molecule has 13 rings (SSSR count). The van der Waals surface area contributed by atoms with E-state index >= 15 is 0 Å². The molecule has 10 aromatic rings. The molecule has 0 amide bonds. The minimum atomic E-state index is -0.554. The number of fused-ring (bicyclic) bond motifs is 10. The van der Waals surface area contributed by atoms with Crippen LogP contribution in [-0.2, 0) is 16.2 Å². The van der Waals surface area contributed by atoms with Gasteiger partial charge in [-0.1, -0.05) is 179 Å². The van der Waals surface area contributed by atoms with Crippen molar-refractivity contribution in [2.75, 3.05) is 10.2 Å². The maximum Gasteiger partial charge on any atom is 0.197 e. The van der Waals surface area contributed by atoms with Gasteiger partial charge in [-0.15, -0.1) is 0 Å². The van der Waals surface area contributed by atoms with Crippen LogP contribution in [0.4, 0.5) is 28.4 Å². The lowest BCUT2D eigenvalue weighted by atomic mass is 9.54. The quantitative estimate of drug-likeness (QED) is 0.175. The number of hydrogen-bond donors (Lipinski definition) is 1. The Morgan fingerprint density at radius 3 is 1.94 bits per heavy atom. The number of furan rings is 1. The summed E-state index contributed by atoms with van der Waals surface area (Å²) in [6, 6.07) is 69.7. The molecule has 3 aliphatic rings. The summed E-state index contributed by atoms with van der Waals surface area (Å²) in [5.41, 5.74) is 19.7. The molecule has 65 heavy (non-hydrogen) atoms. The van der Waals surface area contributed by atoms with Gasteiger partial charge in [-0.25, -0.2) is 0 Å². The van der Waals surface area contributed by atoms with Crippen LogP contribution >= 0.6 is 0 Å². The third kappa shape index (κ3) is 5.50. The predicted octanol–water partition coefficient (Wildman–Crippen LogP) is 14.6. The number of benzene rings is 9. The Kier molecular flexibility index (Phi) is 8.14. The first-order valence-electron chi connectivity index (χ1n) is 23.1. The van der Waals surface area contributed by atoms with Crippen molar-refractivity contribution < 1.29 is 4.42 Å². The molecule has 1 N–H and O–H groups in total. The van der Waals surface area contributed by atoms with Crippen molar-refractivity contribution in [3.05, 3.63) is 221 Å². The summed E-state index contributed by atoms with van der Waals surface area (Å²) in [7, 11) is 2.46. The molecule has 0 unspecified atom stereocenters. The normalized spacial score (nSPS) is 16.0.